The molecule has 2 unspecified atom stereocenters. The number of rotatable bonds is 3. The Hall–Kier alpha value is -1.06. The van der Waals surface area contributed by atoms with Gasteiger partial charge in [0.15, 0.2) is 0 Å². The predicted octanol–water partition coefficient (Wildman–Crippen LogP) is 1.65. The van der Waals surface area contributed by atoms with Gasteiger partial charge in [-0.05, 0) is 62.2 Å². The fourth-order valence-electron chi connectivity index (χ4n) is 5.19. The van der Waals surface area contributed by atoms with Crippen LogP contribution in [0, 0.1) is 35.5 Å². The molecule has 1 amide bonds. The number of hydrogen-bond acceptors (Lipinski definition) is 2. The van der Waals surface area contributed by atoms with E-state index in [-0.39, 0.29) is 11.8 Å². The van der Waals surface area contributed by atoms with Crippen LogP contribution in [0.3, 0.4) is 0 Å². The Balaban J connectivity index is 1.41. The molecule has 0 aromatic heterocycles. The van der Waals surface area contributed by atoms with E-state index in [1.54, 1.807) is 0 Å². The lowest BCUT2D eigenvalue weighted by Gasteiger charge is -2.54. The van der Waals surface area contributed by atoms with Crippen molar-refractivity contribution < 1.29 is 14.7 Å². The highest BCUT2D eigenvalue weighted by Crippen LogP contribution is 2.54. The van der Waals surface area contributed by atoms with E-state index in [0.717, 1.165) is 11.8 Å². The zero-order valence-corrected chi connectivity index (χ0v) is 11.0. The Kier molecular flexibility index (Phi) is 2.45. The molecule has 5 fully saturated rings. The summed E-state index contributed by atoms with van der Waals surface area (Å²) in [4.78, 5) is 23.0. The van der Waals surface area contributed by atoms with Crippen molar-refractivity contribution in [3.63, 3.8) is 0 Å². The summed E-state index contributed by atoms with van der Waals surface area (Å²) in [6.45, 7) is 0. The predicted molar refractivity (Wildman–Crippen MR) is 68.2 cm³/mol. The monoisotopic (exact) mass is 263 g/mol. The number of nitrogens with one attached hydrogen (secondary N) is 1. The molecule has 4 heteroatoms. The zero-order chi connectivity index (χ0) is 13.1. The lowest BCUT2D eigenvalue weighted by atomic mass is 9.54. The maximum Gasteiger partial charge on any atom is 0.307 e. The quantitative estimate of drug-likeness (QED) is 0.813. The minimum Gasteiger partial charge on any atom is -0.481 e. The van der Waals surface area contributed by atoms with Crippen molar-refractivity contribution in [3.05, 3.63) is 0 Å². The van der Waals surface area contributed by atoms with Gasteiger partial charge in [0.25, 0.3) is 0 Å². The Morgan fingerprint density at radius 3 is 1.89 bits per heavy atom. The van der Waals surface area contributed by atoms with E-state index in [0.29, 0.717) is 24.3 Å². The fourth-order valence-corrected chi connectivity index (χ4v) is 5.19. The number of amides is 1. The average Bonchev–Trinajstić information content (AvgIpc) is 3.12. The van der Waals surface area contributed by atoms with Crippen molar-refractivity contribution in [1.29, 1.82) is 0 Å². The van der Waals surface area contributed by atoms with Crippen LogP contribution in [-0.2, 0) is 9.59 Å². The minimum absolute atomic E-state index is 0.00451. The molecule has 5 saturated carbocycles. The Morgan fingerprint density at radius 1 is 0.842 bits per heavy atom. The van der Waals surface area contributed by atoms with Crippen LogP contribution in [0.1, 0.15) is 38.5 Å². The first-order valence-electron chi connectivity index (χ1n) is 7.65. The molecule has 0 aromatic carbocycles. The maximum absolute atomic E-state index is 12.1. The third kappa shape index (κ3) is 1.87. The zero-order valence-electron chi connectivity index (χ0n) is 11.0. The van der Waals surface area contributed by atoms with Crippen molar-refractivity contribution in [3.8, 4) is 0 Å². The molecule has 0 heterocycles. The summed E-state index contributed by atoms with van der Waals surface area (Å²) in [5.41, 5.74) is 0. The molecular weight excluding hydrogens is 242 g/mol. The minimum atomic E-state index is -0.815. The van der Waals surface area contributed by atoms with Crippen LogP contribution in [0.5, 0.6) is 0 Å². The third-order valence-corrected chi connectivity index (χ3v) is 5.98. The normalized spacial score (nSPS) is 50.0. The molecule has 5 aliphatic rings. The van der Waals surface area contributed by atoms with Gasteiger partial charge in [0.1, 0.15) is 0 Å². The molecule has 0 saturated heterocycles. The van der Waals surface area contributed by atoms with Crippen molar-refractivity contribution >= 4 is 11.9 Å². The van der Waals surface area contributed by atoms with Gasteiger partial charge in [-0.2, -0.15) is 0 Å². The van der Waals surface area contributed by atoms with E-state index in [1.807, 2.05) is 0 Å². The van der Waals surface area contributed by atoms with Crippen LogP contribution in [-0.4, -0.2) is 23.0 Å². The number of carboxylic acid groups (broad SMARTS) is 1. The van der Waals surface area contributed by atoms with Crippen LogP contribution in [0.25, 0.3) is 0 Å². The van der Waals surface area contributed by atoms with E-state index in [2.05, 4.69) is 5.32 Å². The van der Waals surface area contributed by atoms with E-state index in [9.17, 15) is 9.59 Å². The summed E-state index contributed by atoms with van der Waals surface area (Å²) in [6, 6.07) is 0.343. The molecule has 4 bridgehead atoms. The summed E-state index contributed by atoms with van der Waals surface area (Å²) in [6.07, 6.45) is 7.08. The molecule has 0 spiro atoms. The first-order chi connectivity index (χ1) is 9.11. The molecule has 19 heavy (non-hydrogen) atoms. The molecule has 4 nitrogen and oxygen atoms in total. The van der Waals surface area contributed by atoms with Crippen LogP contribution in [0.15, 0.2) is 0 Å². The van der Waals surface area contributed by atoms with Crippen molar-refractivity contribution in [1.82, 2.24) is 5.32 Å². The second-order valence-electron chi connectivity index (χ2n) is 7.25. The highest BCUT2D eigenvalue weighted by Gasteiger charge is 2.52. The lowest BCUT2D eigenvalue weighted by molar-refractivity contribution is -0.140. The highest BCUT2D eigenvalue weighted by molar-refractivity contribution is 5.89. The highest BCUT2D eigenvalue weighted by atomic mass is 16.4. The lowest BCUT2D eigenvalue weighted by Crippen LogP contribution is -2.56. The van der Waals surface area contributed by atoms with Gasteiger partial charge >= 0.3 is 5.97 Å². The van der Waals surface area contributed by atoms with E-state index < -0.39 is 11.9 Å². The van der Waals surface area contributed by atoms with Gasteiger partial charge in [-0.25, -0.2) is 0 Å². The van der Waals surface area contributed by atoms with Gasteiger partial charge in [-0.1, -0.05) is 0 Å². The van der Waals surface area contributed by atoms with E-state index in [1.165, 1.54) is 32.1 Å². The summed E-state index contributed by atoms with van der Waals surface area (Å²) >= 11 is 0. The second kappa shape index (κ2) is 3.97. The molecule has 0 aromatic rings. The molecule has 104 valence electrons. The third-order valence-electron chi connectivity index (χ3n) is 5.98. The average molecular weight is 263 g/mol. The Labute approximate surface area is 112 Å². The molecule has 2 N–H and O–H groups in total. The van der Waals surface area contributed by atoms with Crippen LogP contribution < -0.4 is 5.32 Å². The Bertz CT molecular complexity index is 405. The fraction of sp³-hybridized carbons (Fsp3) is 0.867. The standard InChI is InChI=1S/C15H21NO3/c17-14(11-6-12(11)15(18)19)16-13-9-2-7-1-8(4-9)5-10(13)3-7/h7-13H,1-6H2,(H,16,17)(H,18,19). The number of carbonyl (C=O) groups is 2. The molecule has 2 atom stereocenters. The molecule has 5 aliphatic carbocycles. The van der Waals surface area contributed by atoms with Crippen molar-refractivity contribution in [2.75, 3.05) is 0 Å². The summed E-state index contributed by atoms with van der Waals surface area (Å²) in [5.74, 6) is 1.66. The van der Waals surface area contributed by atoms with E-state index >= 15 is 0 Å². The summed E-state index contributed by atoms with van der Waals surface area (Å²) in [5, 5.41) is 12.1. The summed E-state index contributed by atoms with van der Waals surface area (Å²) < 4.78 is 0. The number of hydrogen-bond donors (Lipinski definition) is 2. The van der Waals surface area contributed by atoms with Gasteiger partial charge in [-0.3, -0.25) is 9.59 Å². The molecule has 5 rings (SSSR count). The van der Waals surface area contributed by atoms with Crippen molar-refractivity contribution in [2.24, 2.45) is 35.5 Å². The smallest absolute Gasteiger partial charge is 0.307 e. The number of carbonyl (C=O) groups excluding carboxylic acids is 1. The van der Waals surface area contributed by atoms with Gasteiger partial charge in [0.05, 0.1) is 11.8 Å². The van der Waals surface area contributed by atoms with Gasteiger partial charge in [0, 0.05) is 6.04 Å². The van der Waals surface area contributed by atoms with Crippen molar-refractivity contribution in [2.45, 2.75) is 44.6 Å². The largest absolute Gasteiger partial charge is 0.481 e. The van der Waals surface area contributed by atoms with Crippen LogP contribution in [0.2, 0.25) is 0 Å². The molecular formula is C15H21NO3. The SMILES string of the molecule is O=C(O)C1CC1C(=O)NC1C2CC3CC(C2)CC1C3. The summed E-state index contributed by atoms with van der Waals surface area (Å²) in [7, 11) is 0. The van der Waals surface area contributed by atoms with Gasteiger partial charge in [0.2, 0.25) is 5.91 Å². The molecule has 0 aliphatic heterocycles. The van der Waals surface area contributed by atoms with Crippen LogP contribution in [0.4, 0.5) is 0 Å². The topological polar surface area (TPSA) is 66.4 Å². The second-order valence-corrected chi connectivity index (χ2v) is 7.25. The number of carboxylic acids is 1. The van der Waals surface area contributed by atoms with Crippen LogP contribution >= 0.6 is 0 Å². The van der Waals surface area contributed by atoms with E-state index in [4.69, 9.17) is 5.11 Å². The number of aliphatic carboxylic acids is 1. The van der Waals surface area contributed by atoms with Gasteiger partial charge in [-0.15, -0.1) is 0 Å². The first kappa shape index (κ1) is 11.7. The maximum atomic E-state index is 12.1. The molecule has 0 radical (unpaired) electrons. The first-order valence-corrected chi connectivity index (χ1v) is 7.65. The van der Waals surface area contributed by atoms with Gasteiger partial charge < -0.3 is 10.4 Å². The Morgan fingerprint density at radius 2 is 1.42 bits per heavy atom.